The third kappa shape index (κ3) is 9.12. The van der Waals surface area contributed by atoms with Crippen molar-refractivity contribution in [3.8, 4) is 0 Å². The maximum Gasteiger partial charge on any atom is 0.303 e. The molecule has 0 rings (SSSR count). The molecular formula is C10H17O2+. The van der Waals surface area contributed by atoms with Crippen LogP contribution in [0, 0.1) is 6.58 Å². The number of rotatable bonds is 8. The Morgan fingerprint density at radius 1 is 1.17 bits per heavy atom. The normalized spacial score (nSPS) is 9.58. The van der Waals surface area contributed by atoms with Crippen LogP contribution in [0.4, 0.5) is 0 Å². The Morgan fingerprint density at radius 2 is 1.75 bits per heavy atom. The summed E-state index contributed by atoms with van der Waals surface area (Å²) < 4.78 is 0. The van der Waals surface area contributed by atoms with Gasteiger partial charge in [-0.1, -0.05) is 19.3 Å². The maximum absolute atomic E-state index is 10.1. The Balaban J connectivity index is 2.90. The molecule has 12 heavy (non-hydrogen) atoms. The summed E-state index contributed by atoms with van der Waals surface area (Å²) in [4.78, 5) is 10.1. The van der Waals surface area contributed by atoms with Gasteiger partial charge in [0.25, 0.3) is 0 Å². The minimum atomic E-state index is -0.690. The van der Waals surface area contributed by atoms with Crippen LogP contribution in [0.3, 0.4) is 0 Å². The van der Waals surface area contributed by atoms with E-state index in [1.807, 2.05) is 0 Å². The van der Waals surface area contributed by atoms with E-state index >= 15 is 0 Å². The lowest BCUT2D eigenvalue weighted by molar-refractivity contribution is -0.137. The van der Waals surface area contributed by atoms with Crippen molar-refractivity contribution in [2.24, 2.45) is 0 Å². The van der Waals surface area contributed by atoms with Gasteiger partial charge < -0.3 is 5.11 Å². The summed E-state index contributed by atoms with van der Waals surface area (Å²) in [6.07, 6.45) is 8.20. The number of carboxylic acids is 1. The number of unbranched alkanes of at least 4 members (excludes halogenated alkanes) is 5. The summed E-state index contributed by atoms with van der Waals surface area (Å²) in [7, 11) is 0. The fraction of sp³-hybridized carbons (Fsp3) is 0.700. The highest BCUT2D eigenvalue weighted by Gasteiger charge is 1.95. The second-order valence-electron chi connectivity index (χ2n) is 2.94. The van der Waals surface area contributed by atoms with Crippen molar-refractivity contribution >= 4 is 5.97 Å². The first kappa shape index (κ1) is 11.1. The van der Waals surface area contributed by atoms with Crippen molar-refractivity contribution in [1.29, 1.82) is 0 Å². The fourth-order valence-corrected chi connectivity index (χ4v) is 1.07. The lowest BCUT2D eigenvalue weighted by atomic mass is 10.1. The average Bonchev–Trinajstić information content (AvgIpc) is 2.02. The Hall–Kier alpha value is -0.880. The summed E-state index contributed by atoms with van der Waals surface area (Å²) in [5.74, 6) is -0.690. The zero-order chi connectivity index (χ0) is 9.23. The van der Waals surface area contributed by atoms with E-state index in [0.29, 0.717) is 6.42 Å². The third-order valence-electron chi connectivity index (χ3n) is 1.76. The Morgan fingerprint density at radius 3 is 2.33 bits per heavy atom. The molecule has 1 N–H and O–H groups in total. The Kier molecular flexibility index (Phi) is 7.62. The number of aliphatic carboxylic acids is 1. The van der Waals surface area contributed by atoms with Crippen molar-refractivity contribution in [2.45, 2.75) is 44.9 Å². The molecule has 0 fully saturated rings. The highest BCUT2D eigenvalue weighted by molar-refractivity contribution is 5.66. The summed E-state index contributed by atoms with van der Waals surface area (Å²) >= 11 is 0. The topological polar surface area (TPSA) is 37.3 Å². The minimum absolute atomic E-state index is 0.309. The SMILES string of the molecule is [CH+]=CCCCCCCCC(=O)O. The third-order valence-corrected chi connectivity index (χ3v) is 1.76. The molecule has 0 bridgehead atoms. The Bertz CT molecular complexity index is 130. The first-order chi connectivity index (χ1) is 5.77. The zero-order valence-electron chi connectivity index (χ0n) is 7.46. The van der Waals surface area contributed by atoms with Crippen LogP contribution >= 0.6 is 0 Å². The summed E-state index contributed by atoms with van der Waals surface area (Å²) in [6, 6.07) is 0. The molecule has 0 aliphatic heterocycles. The summed E-state index contributed by atoms with van der Waals surface area (Å²) in [5, 5.41) is 8.33. The van der Waals surface area contributed by atoms with Crippen molar-refractivity contribution in [2.75, 3.05) is 0 Å². The van der Waals surface area contributed by atoms with E-state index in [9.17, 15) is 4.79 Å². The Labute approximate surface area is 74.3 Å². The highest BCUT2D eigenvalue weighted by atomic mass is 16.4. The van der Waals surface area contributed by atoms with Gasteiger partial charge >= 0.3 is 5.97 Å². The number of hydrogen-bond donors (Lipinski definition) is 1. The van der Waals surface area contributed by atoms with Gasteiger partial charge in [-0.25, -0.2) is 0 Å². The quantitative estimate of drug-likeness (QED) is 0.448. The van der Waals surface area contributed by atoms with E-state index in [1.165, 1.54) is 0 Å². The second-order valence-corrected chi connectivity index (χ2v) is 2.94. The van der Waals surface area contributed by atoms with Crippen molar-refractivity contribution in [3.63, 3.8) is 0 Å². The molecule has 0 atom stereocenters. The van der Waals surface area contributed by atoms with Crippen molar-refractivity contribution in [1.82, 2.24) is 0 Å². The molecule has 0 spiro atoms. The molecule has 0 unspecified atom stereocenters. The molecule has 0 aromatic heterocycles. The first-order valence-electron chi connectivity index (χ1n) is 4.52. The first-order valence-corrected chi connectivity index (χ1v) is 4.52. The van der Waals surface area contributed by atoms with Crippen LogP contribution in [-0.4, -0.2) is 11.1 Å². The van der Waals surface area contributed by atoms with E-state index in [2.05, 4.69) is 0 Å². The van der Waals surface area contributed by atoms with Crippen LogP contribution in [0.1, 0.15) is 44.9 Å². The maximum atomic E-state index is 10.1. The van der Waals surface area contributed by atoms with E-state index in [0.717, 1.165) is 38.5 Å². The largest absolute Gasteiger partial charge is 0.481 e. The lowest BCUT2D eigenvalue weighted by Crippen LogP contribution is -1.93. The van der Waals surface area contributed by atoms with Gasteiger partial charge in [0, 0.05) is 12.8 Å². The van der Waals surface area contributed by atoms with Gasteiger partial charge in [0.2, 0.25) is 6.58 Å². The lowest BCUT2D eigenvalue weighted by Gasteiger charge is -1.96. The predicted molar refractivity (Wildman–Crippen MR) is 48.8 cm³/mol. The minimum Gasteiger partial charge on any atom is -0.481 e. The molecule has 0 saturated carbocycles. The molecule has 0 aliphatic rings. The molecule has 2 nitrogen and oxygen atoms in total. The highest BCUT2D eigenvalue weighted by Crippen LogP contribution is 2.06. The van der Waals surface area contributed by atoms with E-state index in [1.54, 1.807) is 6.08 Å². The molecule has 0 saturated heterocycles. The average molecular weight is 169 g/mol. The molecule has 0 aromatic rings. The van der Waals surface area contributed by atoms with Gasteiger partial charge in [-0.05, 0) is 12.8 Å². The molecule has 0 heterocycles. The van der Waals surface area contributed by atoms with Gasteiger partial charge in [0.15, 0.2) is 6.08 Å². The van der Waals surface area contributed by atoms with E-state index in [4.69, 9.17) is 11.7 Å². The summed E-state index contributed by atoms with van der Waals surface area (Å²) in [5.41, 5.74) is 0. The van der Waals surface area contributed by atoms with Gasteiger partial charge in [0.05, 0.1) is 0 Å². The van der Waals surface area contributed by atoms with Crippen molar-refractivity contribution in [3.05, 3.63) is 12.7 Å². The van der Waals surface area contributed by atoms with Gasteiger partial charge in [-0.2, -0.15) is 0 Å². The molecule has 0 amide bonds. The molecular weight excluding hydrogens is 152 g/mol. The van der Waals surface area contributed by atoms with Crippen LogP contribution in [-0.2, 0) is 4.79 Å². The van der Waals surface area contributed by atoms with Crippen LogP contribution in [0.5, 0.6) is 0 Å². The standard InChI is InChI=1S/C10H16O2/c1-2-3-4-5-6-7-8-9-10(11)12/h1-2H,3-9H2/p+1. The molecule has 0 aliphatic carbocycles. The van der Waals surface area contributed by atoms with E-state index < -0.39 is 5.97 Å². The van der Waals surface area contributed by atoms with Crippen LogP contribution in [0.25, 0.3) is 0 Å². The van der Waals surface area contributed by atoms with Gasteiger partial charge in [-0.15, -0.1) is 0 Å². The van der Waals surface area contributed by atoms with Crippen LogP contribution in [0.15, 0.2) is 6.08 Å². The fourth-order valence-electron chi connectivity index (χ4n) is 1.07. The molecule has 68 valence electrons. The van der Waals surface area contributed by atoms with Gasteiger partial charge in [-0.3, -0.25) is 4.79 Å². The van der Waals surface area contributed by atoms with Crippen molar-refractivity contribution < 1.29 is 9.90 Å². The summed E-state index contributed by atoms with van der Waals surface area (Å²) in [6.45, 7) is 5.21. The predicted octanol–water partition coefficient (Wildman–Crippen LogP) is 2.79. The molecule has 0 radical (unpaired) electrons. The zero-order valence-corrected chi connectivity index (χ0v) is 7.46. The molecule has 2 heteroatoms. The van der Waals surface area contributed by atoms with E-state index in [-0.39, 0.29) is 0 Å². The number of hydrogen-bond acceptors (Lipinski definition) is 1. The van der Waals surface area contributed by atoms with Crippen LogP contribution in [0.2, 0.25) is 0 Å². The number of carbonyl (C=O) groups is 1. The number of allylic oxidation sites excluding steroid dienone is 1. The smallest absolute Gasteiger partial charge is 0.303 e. The van der Waals surface area contributed by atoms with Crippen LogP contribution < -0.4 is 0 Å². The second kappa shape index (κ2) is 8.22. The van der Waals surface area contributed by atoms with Gasteiger partial charge in [0.1, 0.15) is 0 Å². The molecule has 0 aromatic carbocycles. The monoisotopic (exact) mass is 169 g/mol. The number of carboxylic acid groups (broad SMARTS) is 1.